The van der Waals surface area contributed by atoms with Crippen molar-refractivity contribution < 1.29 is 9.00 Å². The summed E-state index contributed by atoms with van der Waals surface area (Å²) in [6.07, 6.45) is 0. The molecule has 2 unspecified atom stereocenters. The molecule has 0 saturated heterocycles. The number of nitrogens with two attached hydrogens (primary N) is 1. The van der Waals surface area contributed by atoms with Gasteiger partial charge in [-0.25, -0.2) is 0 Å². The molecule has 6 heteroatoms. The molecule has 0 radical (unpaired) electrons. The summed E-state index contributed by atoms with van der Waals surface area (Å²) in [6, 6.07) is 4.99. The van der Waals surface area contributed by atoms with Crippen molar-refractivity contribution in [1.29, 1.82) is 0 Å². The number of anilines is 1. The highest BCUT2D eigenvalue weighted by atomic mass is 79.9. The average molecular weight is 305 g/mol. The number of carbonyl (C=O) groups is 1. The van der Waals surface area contributed by atoms with E-state index < -0.39 is 16.0 Å². The van der Waals surface area contributed by atoms with Crippen LogP contribution in [-0.2, 0) is 15.6 Å². The van der Waals surface area contributed by atoms with Gasteiger partial charge >= 0.3 is 0 Å². The molecular weight excluding hydrogens is 292 g/mol. The van der Waals surface area contributed by atoms with E-state index in [0.717, 1.165) is 0 Å². The molecule has 0 aliphatic rings. The highest BCUT2D eigenvalue weighted by molar-refractivity contribution is 9.10. The molecule has 0 bridgehead atoms. The Kier molecular flexibility index (Phi) is 4.49. The van der Waals surface area contributed by atoms with Crippen molar-refractivity contribution in [1.82, 2.24) is 5.32 Å². The molecule has 0 spiro atoms. The van der Waals surface area contributed by atoms with E-state index in [1.165, 1.54) is 7.05 Å². The SMILES string of the molecule is CNC(=O)C(C)S(=O)c1ccc(N)cc1Br. The first-order chi connectivity index (χ1) is 7.47. The number of rotatable bonds is 3. The van der Waals surface area contributed by atoms with Crippen LogP contribution in [-0.4, -0.2) is 22.4 Å². The van der Waals surface area contributed by atoms with Gasteiger partial charge in [0.05, 0.1) is 15.7 Å². The van der Waals surface area contributed by atoms with Crippen molar-refractivity contribution in [2.75, 3.05) is 12.8 Å². The van der Waals surface area contributed by atoms with E-state index in [1.54, 1.807) is 25.1 Å². The molecule has 0 aliphatic heterocycles. The minimum Gasteiger partial charge on any atom is -0.399 e. The van der Waals surface area contributed by atoms with Gasteiger partial charge in [0, 0.05) is 17.2 Å². The first kappa shape index (κ1) is 13.2. The van der Waals surface area contributed by atoms with E-state index in [2.05, 4.69) is 21.2 Å². The number of amides is 1. The number of nitrogen functional groups attached to an aromatic ring is 1. The zero-order valence-corrected chi connectivity index (χ0v) is 11.4. The Morgan fingerprint density at radius 3 is 2.69 bits per heavy atom. The van der Waals surface area contributed by atoms with Crippen molar-refractivity contribution in [2.24, 2.45) is 0 Å². The fraction of sp³-hybridized carbons (Fsp3) is 0.300. The largest absolute Gasteiger partial charge is 0.399 e. The number of carbonyl (C=O) groups excluding carboxylic acids is 1. The molecule has 0 saturated carbocycles. The normalized spacial score (nSPS) is 14.2. The molecule has 1 aromatic carbocycles. The standard InChI is InChI=1S/C10H13BrN2O2S/c1-6(10(14)13-2)16(15)9-4-3-7(12)5-8(9)11/h3-6H,12H2,1-2H3,(H,13,14). The molecule has 1 rings (SSSR count). The average Bonchev–Trinajstić information content (AvgIpc) is 2.26. The van der Waals surface area contributed by atoms with Gasteiger partial charge in [0.2, 0.25) is 5.91 Å². The van der Waals surface area contributed by atoms with E-state index in [9.17, 15) is 9.00 Å². The molecule has 0 fully saturated rings. The Labute approximate surface area is 105 Å². The summed E-state index contributed by atoms with van der Waals surface area (Å²) in [4.78, 5) is 11.9. The van der Waals surface area contributed by atoms with Gasteiger partial charge in [-0.05, 0) is 41.1 Å². The third-order valence-corrected chi connectivity index (χ3v) is 4.67. The van der Waals surface area contributed by atoms with Gasteiger partial charge < -0.3 is 11.1 Å². The Morgan fingerprint density at radius 2 is 2.19 bits per heavy atom. The molecule has 2 atom stereocenters. The van der Waals surface area contributed by atoms with E-state index >= 15 is 0 Å². The number of benzene rings is 1. The van der Waals surface area contributed by atoms with Gasteiger partial charge in [-0.15, -0.1) is 0 Å². The Bertz CT molecular complexity index is 437. The summed E-state index contributed by atoms with van der Waals surface area (Å²) in [6.45, 7) is 1.62. The summed E-state index contributed by atoms with van der Waals surface area (Å²) in [5.74, 6) is -0.248. The van der Waals surface area contributed by atoms with Crippen LogP contribution >= 0.6 is 15.9 Å². The third-order valence-electron chi connectivity index (χ3n) is 2.11. The molecule has 1 aromatic rings. The van der Waals surface area contributed by atoms with Crippen LogP contribution in [0.5, 0.6) is 0 Å². The fourth-order valence-electron chi connectivity index (χ4n) is 1.17. The second kappa shape index (κ2) is 5.45. The van der Waals surface area contributed by atoms with Gasteiger partial charge in [-0.2, -0.15) is 0 Å². The van der Waals surface area contributed by atoms with Crippen LogP contribution in [0.15, 0.2) is 27.6 Å². The molecule has 88 valence electrons. The maximum absolute atomic E-state index is 12.1. The molecular formula is C10H13BrN2O2S. The molecule has 1 amide bonds. The summed E-state index contributed by atoms with van der Waals surface area (Å²) < 4.78 is 12.7. The lowest BCUT2D eigenvalue weighted by Crippen LogP contribution is -2.32. The molecule has 0 heterocycles. The Morgan fingerprint density at radius 1 is 1.56 bits per heavy atom. The van der Waals surface area contributed by atoms with Crippen molar-refractivity contribution in [2.45, 2.75) is 17.1 Å². The molecule has 3 N–H and O–H groups in total. The Hall–Kier alpha value is -0.880. The number of nitrogens with one attached hydrogen (secondary N) is 1. The quantitative estimate of drug-likeness (QED) is 0.826. The van der Waals surface area contributed by atoms with Gasteiger partial charge in [-0.3, -0.25) is 9.00 Å². The lowest BCUT2D eigenvalue weighted by atomic mass is 10.3. The predicted molar refractivity (Wildman–Crippen MR) is 68.5 cm³/mol. The highest BCUT2D eigenvalue weighted by Crippen LogP contribution is 2.24. The van der Waals surface area contributed by atoms with Crippen LogP contribution < -0.4 is 11.1 Å². The van der Waals surface area contributed by atoms with Crippen LogP contribution in [0, 0.1) is 0 Å². The van der Waals surface area contributed by atoms with Gasteiger partial charge in [0.15, 0.2) is 0 Å². The van der Waals surface area contributed by atoms with Gasteiger partial charge in [0.1, 0.15) is 5.25 Å². The Balaban J connectivity index is 3.01. The lowest BCUT2D eigenvalue weighted by molar-refractivity contribution is -0.119. The van der Waals surface area contributed by atoms with E-state index in [-0.39, 0.29) is 5.91 Å². The van der Waals surface area contributed by atoms with Crippen molar-refractivity contribution in [3.05, 3.63) is 22.7 Å². The maximum atomic E-state index is 12.1. The van der Waals surface area contributed by atoms with Crippen molar-refractivity contribution in [3.63, 3.8) is 0 Å². The molecule has 4 nitrogen and oxygen atoms in total. The maximum Gasteiger partial charge on any atom is 0.235 e. The first-order valence-corrected chi connectivity index (χ1v) is 6.65. The summed E-state index contributed by atoms with van der Waals surface area (Å²) >= 11 is 3.28. The zero-order chi connectivity index (χ0) is 12.3. The number of hydrogen-bond donors (Lipinski definition) is 2. The smallest absolute Gasteiger partial charge is 0.235 e. The van der Waals surface area contributed by atoms with Crippen LogP contribution in [0.4, 0.5) is 5.69 Å². The lowest BCUT2D eigenvalue weighted by Gasteiger charge is -2.11. The summed E-state index contributed by atoms with van der Waals surface area (Å²) in [7, 11) is 0.129. The molecule has 16 heavy (non-hydrogen) atoms. The topological polar surface area (TPSA) is 72.2 Å². The van der Waals surface area contributed by atoms with E-state index in [0.29, 0.717) is 15.1 Å². The third kappa shape index (κ3) is 2.82. The summed E-state index contributed by atoms with van der Waals surface area (Å²) in [5, 5.41) is 1.88. The second-order valence-electron chi connectivity index (χ2n) is 3.24. The monoisotopic (exact) mass is 304 g/mol. The van der Waals surface area contributed by atoms with Crippen molar-refractivity contribution >= 4 is 38.3 Å². The van der Waals surface area contributed by atoms with Gasteiger partial charge in [-0.1, -0.05) is 0 Å². The van der Waals surface area contributed by atoms with Gasteiger partial charge in [0.25, 0.3) is 0 Å². The van der Waals surface area contributed by atoms with Crippen LogP contribution in [0.3, 0.4) is 0 Å². The molecule has 0 aromatic heterocycles. The number of hydrogen-bond acceptors (Lipinski definition) is 3. The van der Waals surface area contributed by atoms with Crippen molar-refractivity contribution in [3.8, 4) is 0 Å². The van der Waals surface area contributed by atoms with Crippen LogP contribution in [0.25, 0.3) is 0 Å². The minimum absolute atomic E-state index is 0.248. The highest BCUT2D eigenvalue weighted by Gasteiger charge is 2.21. The predicted octanol–water partition coefficient (Wildman–Crippen LogP) is 1.27. The minimum atomic E-state index is -1.39. The molecule has 0 aliphatic carbocycles. The second-order valence-corrected chi connectivity index (χ2v) is 5.84. The zero-order valence-electron chi connectivity index (χ0n) is 8.99. The van der Waals surface area contributed by atoms with E-state index in [1.807, 2.05) is 0 Å². The first-order valence-electron chi connectivity index (χ1n) is 4.64. The van der Waals surface area contributed by atoms with Crippen LogP contribution in [0.1, 0.15) is 6.92 Å². The fourth-order valence-corrected chi connectivity index (χ4v) is 3.19. The van der Waals surface area contributed by atoms with Crippen LogP contribution in [0.2, 0.25) is 0 Å². The summed E-state index contributed by atoms with van der Waals surface area (Å²) in [5.41, 5.74) is 6.17. The number of halogens is 1. The van der Waals surface area contributed by atoms with E-state index in [4.69, 9.17) is 5.73 Å².